The molecule has 0 fully saturated rings. The molecule has 1 aliphatic rings. The molecule has 3 heterocycles. The Morgan fingerprint density at radius 1 is 1.30 bits per heavy atom. The molecule has 0 radical (unpaired) electrons. The van der Waals surface area contributed by atoms with E-state index in [-0.39, 0.29) is 50.5 Å². The molecule has 3 aromatic rings. The van der Waals surface area contributed by atoms with E-state index in [4.69, 9.17) is 4.42 Å². The average Bonchev–Trinajstić information content (AvgIpc) is 3.18. The van der Waals surface area contributed by atoms with Gasteiger partial charge in [-0.2, -0.15) is 5.21 Å². The maximum absolute atomic E-state index is 12.9. The van der Waals surface area contributed by atoms with E-state index in [0.29, 0.717) is 5.56 Å². The Labute approximate surface area is 155 Å². The van der Waals surface area contributed by atoms with Gasteiger partial charge in [0, 0.05) is 11.1 Å². The highest BCUT2D eigenvalue weighted by Crippen LogP contribution is 2.40. The fraction of sp³-hybridized carbons (Fsp3) is 0.333. The summed E-state index contributed by atoms with van der Waals surface area (Å²) in [4.78, 5) is 13.1. The van der Waals surface area contributed by atoms with Gasteiger partial charge in [-0.15, -0.1) is 10.2 Å². The molecule has 1 aromatic carbocycles. The van der Waals surface area contributed by atoms with E-state index >= 15 is 0 Å². The molecule has 0 spiro atoms. The van der Waals surface area contributed by atoms with Crippen molar-refractivity contribution in [2.45, 2.75) is 43.8 Å². The van der Waals surface area contributed by atoms with Gasteiger partial charge in [0.2, 0.25) is 5.82 Å². The Kier molecular flexibility index (Phi) is 3.99. The van der Waals surface area contributed by atoms with Gasteiger partial charge in [0.15, 0.2) is 21.0 Å². The van der Waals surface area contributed by atoms with Crippen LogP contribution < -0.4 is 5.43 Å². The molecule has 27 heavy (non-hydrogen) atoms. The molecule has 0 aliphatic carbocycles. The van der Waals surface area contributed by atoms with Crippen LogP contribution in [0.4, 0.5) is 0 Å². The fourth-order valence-electron chi connectivity index (χ4n) is 3.30. The molecule has 4 rings (SSSR count). The second-order valence-corrected chi connectivity index (χ2v) is 8.71. The van der Waals surface area contributed by atoms with E-state index in [1.165, 1.54) is 0 Å². The van der Waals surface area contributed by atoms with Crippen molar-refractivity contribution in [3.05, 3.63) is 45.1 Å². The first-order valence-corrected chi connectivity index (χ1v) is 10.3. The van der Waals surface area contributed by atoms with Gasteiger partial charge in [-0.1, -0.05) is 19.9 Å². The lowest BCUT2D eigenvalue weighted by Crippen LogP contribution is -2.23. The number of fused-ring (bicyclic) bond motifs is 3. The number of nitrogens with zero attached hydrogens (tertiary/aromatic N) is 3. The topological polar surface area (TPSA) is 119 Å². The van der Waals surface area contributed by atoms with Crippen molar-refractivity contribution in [2.24, 2.45) is 0 Å². The first-order valence-electron chi connectivity index (χ1n) is 8.61. The van der Waals surface area contributed by atoms with Crippen LogP contribution in [0.2, 0.25) is 0 Å². The van der Waals surface area contributed by atoms with Gasteiger partial charge in [-0.05, 0) is 42.2 Å². The van der Waals surface area contributed by atoms with E-state index in [1.807, 2.05) is 6.07 Å². The highest BCUT2D eigenvalue weighted by atomic mass is 32.2. The summed E-state index contributed by atoms with van der Waals surface area (Å²) in [6.07, 6.45) is 0.907. The normalized spacial score (nSPS) is 15.8. The van der Waals surface area contributed by atoms with E-state index < -0.39 is 9.84 Å². The van der Waals surface area contributed by atoms with Crippen molar-refractivity contribution in [3.63, 3.8) is 0 Å². The van der Waals surface area contributed by atoms with E-state index in [2.05, 4.69) is 34.5 Å². The second kappa shape index (κ2) is 6.12. The van der Waals surface area contributed by atoms with Crippen molar-refractivity contribution < 1.29 is 12.8 Å². The molecule has 0 amide bonds. The maximum Gasteiger partial charge on any atom is 0.240 e. The number of aromatic amines is 1. The summed E-state index contributed by atoms with van der Waals surface area (Å²) in [5.74, 6) is 0.470. The van der Waals surface area contributed by atoms with Crippen LogP contribution in [0.1, 0.15) is 42.9 Å². The first kappa shape index (κ1) is 17.6. The Morgan fingerprint density at radius 3 is 2.74 bits per heavy atom. The van der Waals surface area contributed by atoms with Crippen LogP contribution in [0.15, 0.2) is 32.3 Å². The quantitative estimate of drug-likeness (QED) is 0.735. The number of H-pyrrole nitrogens is 1. The van der Waals surface area contributed by atoms with Crippen LogP contribution in [0, 0.1) is 6.92 Å². The molecule has 0 bridgehead atoms. The predicted octanol–water partition coefficient (Wildman–Crippen LogP) is 2.60. The smallest absolute Gasteiger partial charge is 0.240 e. The minimum absolute atomic E-state index is 0.147. The lowest BCUT2D eigenvalue weighted by molar-refractivity contribution is 0.553. The molecule has 2 aromatic heterocycles. The summed E-state index contributed by atoms with van der Waals surface area (Å²) in [6.45, 7) is 5.69. The molecule has 1 atom stereocenters. The molecule has 8 nitrogen and oxygen atoms in total. The number of hydrogen-bond acceptors (Lipinski definition) is 7. The van der Waals surface area contributed by atoms with Crippen molar-refractivity contribution in [1.29, 1.82) is 0 Å². The molecular formula is C18H18N4O4S. The van der Waals surface area contributed by atoms with Crippen molar-refractivity contribution >= 4 is 9.84 Å². The lowest BCUT2D eigenvalue weighted by atomic mass is 9.95. The largest absolute Gasteiger partial charge is 0.452 e. The monoisotopic (exact) mass is 386 g/mol. The van der Waals surface area contributed by atoms with Crippen LogP contribution in [0.25, 0.3) is 22.9 Å². The molecule has 0 saturated heterocycles. The lowest BCUT2D eigenvalue weighted by Gasteiger charge is -2.21. The van der Waals surface area contributed by atoms with Crippen LogP contribution in [-0.2, 0) is 15.6 Å². The summed E-state index contributed by atoms with van der Waals surface area (Å²) in [5.41, 5.74) is 1.43. The van der Waals surface area contributed by atoms with Crippen LogP contribution in [0.5, 0.6) is 0 Å². The van der Waals surface area contributed by atoms with Crippen molar-refractivity contribution in [1.82, 2.24) is 20.6 Å². The average molecular weight is 386 g/mol. The van der Waals surface area contributed by atoms with Gasteiger partial charge in [-0.3, -0.25) is 4.79 Å². The van der Waals surface area contributed by atoms with E-state index in [0.717, 1.165) is 12.0 Å². The Hall–Kier alpha value is -2.81. The third kappa shape index (κ3) is 2.69. The highest BCUT2D eigenvalue weighted by Gasteiger charge is 2.34. The molecule has 0 saturated carbocycles. The summed E-state index contributed by atoms with van der Waals surface area (Å²) in [6, 6.07) is 5.22. The molecule has 1 unspecified atom stereocenters. The zero-order chi connectivity index (χ0) is 19.3. The van der Waals surface area contributed by atoms with Crippen molar-refractivity contribution in [3.8, 4) is 22.9 Å². The number of aromatic nitrogens is 4. The van der Waals surface area contributed by atoms with Crippen molar-refractivity contribution in [2.75, 3.05) is 0 Å². The SMILES string of the molecule is CCC(C)c1ccc2c(c1)-c1oc(-c3nn[nH]n3)c(C)c(=O)c1CS2(=O)=O. The molecule has 1 N–H and O–H groups in total. The molecule has 1 aliphatic heterocycles. The first-order chi connectivity index (χ1) is 12.8. The van der Waals surface area contributed by atoms with Gasteiger partial charge in [-0.25, -0.2) is 8.42 Å². The molecular weight excluding hydrogens is 368 g/mol. The predicted molar refractivity (Wildman–Crippen MR) is 97.9 cm³/mol. The minimum Gasteiger partial charge on any atom is -0.452 e. The highest BCUT2D eigenvalue weighted by molar-refractivity contribution is 7.90. The van der Waals surface area contributed by atoms with Crippen LogP contribution >= 0.6 is 0 Å². The number of tetrazole rings is 1. The Bertz CT molecular complexity index is 1200. The standard InChI is InChI=1S/C18H18N4O4S/c1-4-9(2)11-5-6-14-12(7-11)17-13(8-27(14,24)25)15(23)10(3)16(26-17)18-19-21-22-20-18/h5-7,9H,4,8H2,1-3H3,(H,19,20,21,22). The van der Waals surface area contributed by atoms with Gasteiger partial charge >= 0.3 is 0 Å². The van der Waals surface area contributed by atoms with Gasteiger partial charge in [0.25, 0.3) is 0 Å². The second-order valence-electron chi connectivity index (χ2n) is 6.75. The summed E-state index contributed by atoms with van der Waals surface area (Å²) < 4.78 is 31.5. The Morgan fingerprint density at radius 2 is 2.07 bits per heavy atom. The fourth-order valence-corrected chi connectivity index (χ4v) is 4.86. The summed E-state index contributed by atoms with van der Waals surface area (Å²) in [5, 5.41) is 13.6. The molecule has 140 valence electrons. The van der Waals surface area contributed by atoms with Gasteiger partial charge < -0.3 is 4.42 Å². The summed E-state index contributed by atoms with van der Waals surface area (Å²) >= 11 is 0. The maximum atomic E-state index is 12.9. The third-order valence-electron chi connectivity index (χ3n) is 5.08. The number of hydrogen-bond donors (Lipinski definition) is 1. The number of sulfone groups is 1. The molecule has 9 heteroatoms. The summed E-state index contributed by atoms with van der Waals surface area (Å²) in [7, 11) is -3.62. The van der Waals surface area contributed by atoms with Crippen LogP contribution in [-0.4, -0.2) is 29.0 Å². The van der Waals surface area contributed by atoms with E-state index in [9.17, 15) is 13.2 Å². The van der Waals surface area contributed by atoms with Gasteiger partial charge in [0.05, 0.1) is 16.2 Å². The Balaban J connectivity index is 2.06. The van der Waals surface area contributed by atoms with E-state index in [1.54, 1.807) is 19.1 Å². The van der Waals surface area contributed by atoms with Gasteiger partial charge in [0.1, 0.15) is 5.76 Å². The zero-order valence-electron chi connectivity index (χ0n) is 15.1. The zero-order valence-corrected chi connectivity index (χ0v) is 15.9. The van der Waals surface area contributed by atoms with Crippen LogP contribution in [0.3, 0.4) is 0 Å². The number of rotatable bonds is 3. The number of benzene rings is 1. The third-order valence-corrected chi connectivity index (χ3v) is 6.78. The number of nitrogens with one attached hydrogen (secondary N) is 1. The minimum atomic E-state index is -3.62.